The summed E-state index contributed by atoms with van der Waals surface area (Å²) in [6, 6.07) is 0. The quantitative estimate of drug-likeness (QED) is 0.627. The molecule has 2 aromatic heterocycles. The fourth-order valence-corrected chi connectivity index (χ4v) is 2.85. The molecule has 1 unspecified atom stereocenters. The van der Waals surface area contributed by atoms with Gasteiger partial charge in [0.25, 0.3) is 0 Å². The Morgan fingerprint density at radius 3 is 2.90 bits per heavy atom. The molecule has 2 rings (SSSR count). The molecular formula is C13H19N5O2S. The Morgan fingerprint density at radius 1 is 1.57 bits per heavy atom. The number of aryl methyl sites for hydroxylation is 2. The lowest BCUT2D eigenvalue weighted by atomic mass is 10.2. The first-order valence-corrected chi connectivity index (χ1v) is 7.77. The molecule has 21 heavy (non-hydrogen) atoms. The van der Waals surface area contributed by atoms with E-state index in [0.717, 1.165) is 11.4 Å². The molecule has 2 heterocycles. The normalized spacial score (nSPS) is 12.3. The predicted molar refractivity (Wildman–Crippen MR) is 82.9 cm³/mol. The first kappa shape index (κ1) is 15.4. The molecule has 0 fully saturated rings. The molecule has 8 heteroatoms. The Labute approximate surface area is 127 Å². The predicted octanol–water partition coefficient (Wildman–Crippen LogP) is 3.18. The van der Waals surface area contributed by atoms with Gasteiger partial charge in [-0.25, -0.2) is 9.67 Å². The Kier molecular flexibility index (Phi) is 4.89. The summed E-state index contributed by atoms with van der Waals surface area (Å²) in [4.78, 5) is 15.1. The topological polar surface area (TPSA) is 85.9 Å². The van der Waals surface area contributed by atoms with Crippen molar-refractivity contribution in [1.82, 2.24) is 14.8 Å². The molecule has 0 aliphatic rings. The summed E-state index contributed by atoms with van der Waals surface area (Å²) in [6.07, 6.45) is 2.64. The Balaban J connectivity index is 2.19. The maximum absolute atomic E-state index is 11.2. The molecule has 2 aromatic rings. The van der Waals surface area contributed by atoms with Gasteiger partial charge in [0.05, 0.1) is 9.93 Å². The van der Waals surface area contributed by atoms with Crippen molar-refractivity contribution in [3.05, 3.63) is 32.4 Å². The van der Waals surface area contributed by atoms with Crippen molar-refractivity contribution in [3.8, 4) is 0 Å². The molecule has 1 N–H and O–H groups in total. The maximum Gasteiger partial charge on any atom is 0.333 e. The Morgan fingerprint density at radius 2 is 2.33 bits per heavy atom. The van der Waals surface area contributed by atoms with Crippen molar-refractivity contribution in [2.24, 2.45) is 0 Å². The summed E-state index contributed by atoms with van der Waals surface area (Å²) in [6.45, 7) is 6.97. The third-order valence-electron chi connectivity index (χ3n) is 3.16. The number of nitrogens with zero attached hydrogens (tertiary/aromatic N) is 4. The number of hydrogen-bond donors (Lipinski definition) is 1. The zero-order valence-corrected chi connectivity index (χ0v) is 13.2. The van der Waals surface area contributed by atoms with Gasteiger partial charge < -0.3 is 5.32 Å². The minimum absolute atomic E-state index is 0.0646. The van der Waals surface area contributed by atoms with Gasteiger partial charge in [0, 0.05) is 30.6 Å². The first-order valence-electron chi connectivity index (χ1n) is 6.89. The smallest absolute Gasteiger partial charge is 0.333 e. The van der Waals surface area contributed by atoms with E-state index in [1.165, 1.54) is 0 Å². The zero-order chi connectivity index (χ0) is 15.4. The molecule has 0 aliphatic heterocycles. The number of hydrogen-bond acceptors (Lipinski definition) is 6. The van der Waals surface area contributed by atoms with Crippen molar-refractivity contribution in [3.63, 3.8) is 0 Å². The van der Waals surface area contributed by atoms with Crippen LogP contribution >= 0.6 is 11.3 Å². The zero-order valence-electron chi connectivity index (χ0n) is 12.4. The summed E-state index contributed by atoms with van der Waals surface area (Å²) in [5.74, 6) is 0.678. The van der Waals surface area contributed by atoms with Crippen LogP contribution in [0.1, 0.15) is 36.9 Å². The summed E-state index contributed by atoms with van der Waals surface area (Å²) < 4.78 is 1.68. The SMILES string of the molecule is CCCn1nc(C)c([N+](=O)[O-])c1NCC(C)c1nccs1. The van der Waals surface area contributed by atoms with Crippen molar-refractivity contribution in [1.29, 1.82) is 0 Å². The number of aromatic nitrogens is 3. The van der Waals surface area contributed by atoms with Gasteiger partial charge in [-0.3, -0.25) is 10.1 Å². The number of nitrogens with one attached hydrogen (secondary N) is 1. The molecule has 0 saturated carbocycles. The Bertz CT molecular complexity index is 608. The molecule has 114 valence electrons. The lowest BCUT2D eigenvalue weighted by molar-refractivity contribution is -0.384. The van der Waals surface area contributed by atoms with Gasteiger partial charge in [-0.1, -0.05) is 13.8 Å². The van der Waals surface area contributed by atoms with E-state index in [-0.39, 0.29) is 16.5 Å². The van der Waals surface area contributed by atoms with Crippen LogP contribution in [0, 0.1) is 17.0 Å². The van der Waals surface area contributed by atoms with E-state index >= 15 is 0 Å². The maximum atomic E-state index is 11.2. The van der Waals surface area contributed by atoms with Crippen molar-refractivity contribution in [2.45, 2.75) is 39.7 Å². The van der Waals surface area contributed by atoms with Crippen LogP contribution in [-0.4, -0.2) is 26.2 Å². The van der Waals surface area contributed by atoms with Crippen LogP contribution in [0.3, 0.4) is 0 Å². The molecule has 0 amide bonds. The monoisotopic (exact) mass is 309 g/mol. The van der Waals surface area contributed by atoms with Gasteiger partial charge in [0.2, 0.25) is 5.82 Å². The lowest BCUT2D eigenvalue weighted by Gasteiger charge is -2.12. The van der Waals surface area contributed by atoms with E-state index in [9.17, 15) is 10.1 Å². The average molecular weight is 309 g/mol. The van der Waals surface area contributed by atoms with Gasteiger partial charge in [0.1, 0.15) is 5.69 Å². The molecule has 0 radical (unpaired) electrons. The van der Waals surface area contributed by atoms with Gasteiger partial charge in [-0.15, -0.1) is 11.3 Å². The molecule has 1 atom stereocenters. The molecule has 0 saturated heterocycles. The number of thiazole rings is 1. The van der Waals surface area contributed by atoms with E-state index < -0.39 is 0 Å². The number of nitro groups is 1. The van der Waals surface area contributed by atoms with E-state index in [0.29, 0.717) is 24.6 Å². The van der Waals surface area contributed by atoms with Crippen LogP contribution in [0.2, 0.25) is 0 Å². The number of rotatable bonds is 7. The van der Waals surface area contributed by atoms with Gasteiger partial charge >= 0.3 is 5.69 Å². The van der Waals surface area contributed by atoms with Crippen LogP contribution in [-0.2, 0) is 6.54 Å². The molecule has 7 nitrogen and oxygen atoms in total. The van der Waals surface area contributed by atoms with E-state index in [1.54, 1.807) is 29.1 Å². The highest BCUT2D eigenvalue weighted by molar-refractivity contribution is 7.09. The molecule has 0 aliphatic carbocycles. The van der Waals surface area contributed by atoms with Crippen molar-refractivity contribution >= 4 is 22.8 Å². The molecule has 0 aromatic carbocycles. The van der Waals surface area contributed by atoms with Crippen molar-refractivity contribution in [2.75, 3.05) is 11.9 Å². The standard InChI is InChI=1S/C13H19N5O2S/c1-4-6-17-12(11(18(19)20)10(3)16-17)15-8-9(2)13-14-5-7-21-13/h5,7,9,15H,4,6,8H2,1-3H3. The lowest BCUT2D eigenvalue weighted by Crippen LogP contribution is -2.14. The van der Waals surface area contributed by atoms with E-state index in [1.807, 2.05) is 19.2 Å². The van der Waals surface area contributed by atoms with Crippen LogP contribution in [0.15, 0.2) is 11.6 Å². The summed E-state index contributed by atoms with van der Waals surface area (Å²) >= 11 is 1.59. The molecule has 0 bridgehead atoms. The highest BCUT2D eigenvalue weighted by Crippen LogP contribution is 2.29. The minimum Gasteiger partial charge on any atom is -0.364 e. The van der Waals surface area contributed by atoms with Gasteiger partial charge in [-0.05, 0) is 13.3 Å². The van der Waals surface area contributed by atoms with Crippen molar-refractivity contribution < 1.29 is 4.92 Å². The van der Waals surface area contributed by atoms with Crippen LogP contribution in [0.5, 0.6) is 0 Å². The average Bonchev–Trinajstić information content (AvgIpc) is 3.04. The molecule has 0 spiro atoms. The minimum atomic E-state index is -0.370. The van der Waals surface area contributed by atoms with E-state index in [2.05, 4.69) is 15.4 Å². The summed E-state index contributed by atoms with van der Waals surface area (Å²) in [5.41, 5.74) is 0.507. The second-order valence-electron chi connectivity index (χ2n) is 4.92. The largest absolute Gasteiger partial charge is 0.364 e. The summed E-state index contributed by atoms with van der Waals surface area (Å²) in [7, 11) is 0. The van der Waals surface area contributed by atoms with Gasteiger partial charge in [-0.2, -0.15) is 5.10 Å². The highest BCUT2D eigenvalue weighted by Gasteiger charge is 2.25. The fourth-order valence-electron chi connectivity index (χ4n) is 2.15. The third-order valence-corrected chi connectivity index (χ3v) is 4.17. The van der Waals surface area contributed by atoms with Crippen LogP contribution < -0.4 is 5.32 Å². The first-order chi connectivity index (χ1) is 10.0. The Hall–Kier alpha value is -1.96. The van der Waals surface area contributed by atoms with Crippen LogP contribution in [0.4, 0.5) is 11.5 Å². The van der Waals surface area contributed by atoms with E-state index in [4.69, 9.17) is 0 Å². The summed E-state index contributed by atoms with van der Waals surface area (Å²) in [5, 5.41) is 21.6. The second kappa shape index (κ2) is 6.66. The molecular weight excluding hydrogens is 290 g/mol. The highest BCUT2D eigenvalue weighted by atomic mass is 32.1. The van der Waals surface area contributed by atoms with Crippen LogP contribution in [0.25, 0.3) is 0 Å². The van der Waals surface area contributed by atoms with Gasteiger partial charge in [0.15, 0.2) is 0 Å². The third kappa shape index (κ3) is 3.38. The number of anilines is 1. The second-order valence-corrected chi connectivity index (χ2v) is 5.84. The fraction of sp³-hybridized carbons (Fsp3) is 0.538.